The lowest BCUT2D eigenvalue weighted by Crippen LogP contribution is -2.04. The predicted octanol–water partition coefficient (Wildman–Crippen LogP) is 4.48. The highest BCUT2D eigenvalue weighted by Crippen LogP contribution is 2.28. The molecule has 0 amide bonds. The Labute approximate surface area is 111 Å². The highest BCUT2D eigenvalue weighted by Gasteiger charge is 2.20. The Kier molecular flexibility index (Phi) is 3.95. The molecule has 0 atom stereocenters. The molecule has 0 unspecified atom stereocenters. The van der Waals surface area contributed by atoms with Crippen LogP contribution in [0.5, 0.6) is 5.75 Å². The zero-order valence-electron chi connectivity index (χ0n) is 9.39. The maximum Gasteiger partial charge on any atom is 0.203 e. The van der Waals surface area contributed by atoms with Crippen molar-refractivity contribution in [2.75, 3.05) is 0 Å². The van der Waals surface area contributed by atoms with Gasteiger partial charge in [0.25, 0.3) is 0 Å². The third-order valence-corrected chi connectivity index (χ3v) is 2.77. The second kappa shape index (κ2) is 5.48. The summed E-state index contributed by atoms with van der Waals surface area (Å²) in [5.41, 5.74) is 0.438. The molecular formula is C13H7ClF4O. The van der Waals surface area contributed by atoms with Gasteiger partial charge in [-0.15, -0.1) is 0 Å². The Morgan fingerprint density at radius 2 is 1.53 bits per heavy atom. The number of hydrogen-bond donors (Lipinski definition) is 0. The van der Waals surface area contributed by atoms with Gasteiger partial charge in [0.15, 0.2) is 17.4 Å². The van der Waals surface area contributed by atoms with Crippen LogP contribution in [-0.4, -0.2) is 0 Å². The van der Waals surface area contributed by atoms with Gasteiger partial charge in [-0.3, -0.25) is 0 Å². The second-order valence-corrected chi connectivity index (χ2v) is 4.08. The zero-order chi connectivity index (χ0) is 14.0. The van der Waals surface area contributed by atoms with Gasteiger partial charge in [0, 0.05) is 16.7 Å². The quantitative estimate of drug-likeness (QED) is 0.598. The molecule has 0 heterocycles. The molecule has 0 spiro atoms. The van der Waals surface area contributed by atoms with Crippen LogP contribution in [0.15, 0.2) is 30.3 Å². The number of hydrogen-bond acceptors (Lipinski definition) is 1. The minimum Gasteiger partial charge on any atom is -0.483 e. The van der Waals surface area contributed by atoms with Crippen molar-refractivity contribution in [1.82, 2.24) is 0 Å². The number of benzene rings is 2. The van der Waals surface area contributed by atoms with E-state index in [1.807, 2.05) is 0 Å². The normalized spacial score (nSPS) is 10.6. The van der Waals surface area contributed by atoms with Gasteiger partial charge < -0.3 is 4.74 Å². The van der Waals surface area contributed by atoms with E-state index in [0.717, 1.165) is 0 Å². The Hall–Kier alpha value is -1.75. The molecule has 2 aromatic carbocycles. The van der Waals surface area contributed by atoms with Crippen LogP contribution in [0.25, 0.3) is 0 Å². The first-order valence-electron chi connectivity index (χ1n) is 5.20. The average Bonchev–Trinajstić information content (AvgIpc) is 2.38. The van der Waals surface area contributed by atoms with E-state index in [1.54, 1.807) is 24.3 Å². The largest absolute Gasteiger partial charge is 0.483 e. The summed E-state index contributed by atoms with van der Waals surface area (Å²) in [6, 6.07) is 6.54. The first-order valence-corrected chi connectivity index (χ1v) is 5.57. The van der Waals surface area contributed by atoms with E-state index in [2.05, 4.69) is 0 Å². The number of halogens is 5. The molecule has 0 N–H and O–H groups in total. The van der Waals surface area contributed by atoms with Gasteiger partial charge in [-0.1, -0.05) is 29.8 Å². The van der Waals surface area contributed by atoms with Crippen molar-refractivity contribution in [1.29, 1.82) is 0 Å². The molecule has 2 rings (SSSR count). The second-order valence-electron chi connectivity index (χ2n) is 3.68. The van der Waals surface area contributed by atoms with Crippen molar-refractivity contribution >= 4 is 11.6 Å². The predicted molar refractivity (Wildman–Crippen MR) is 62.1 cm³/mol. The maximum absolute atomic E-state index is 13.3. The first-order chi connectivity index (χ1) is 9.00. The molecule has 19 heavy (non-hydrogen) atoms. The topological polar surface area (TPSA) is 9.23 Å². The summed E-state index contributed by atoms with van der Waals surface area (Å²) in [5.74, 6) is -7.30. The Balaban J connectivity index is 2.28. The van der Waals surface area contributed by atoms with E-state index in [1.165, 1.54) is 0 Å². The summed E-state index contributed by atoms with van der Waals surface area (Å²) in [7, 11) is 0. The molecule has 100 valence electrons. The van der Waals surface area contributed by atoms with E-state index < -0.39 is 29.0 Å². The minimum atomic E-state index is -1.58. The minimum absolute atomic E-state index is 0.118. The summed E-state index contributed by atoms with van der Waals surface area (Å²) in [5, 5.41) is 0.320. The lowest BCUT2D eigenvalue weighted by Gasteiger charge is -2.10. The van der Waals surface area contributed by atoms with Crippen LogP contribution in [0.3, 0.4) is 0 Å². The highest BCUT2D eigenvalue weighted by molar-refractivity contribution is 6.31. The average molecular weight is 291 g/mol. The number of rotatable bonds is 3. The van der Waals surface area contributed by atoms with Crippen LogP contribution < -0.4 is 4.74 Å². The van der Waals surface area contributed by atoms with Crippen LogP contribution in [-0.2, 0) is 6.61 Å². The molecule has 0 aliphatic carbocycles. The number of ether oxygens (including phenoxy) is 1. The van der Waals surface area contributed by atoms with E-state index in [9.17, 15) is 17.6 Å². The van der Waals surface area contributed by atoms with Gasteiger partial charge in [0.2, 0.25) is 11.6 Å². The van der Waals surface area contributed by atoms with Crippen LogP contribution in [0.4, 0.5) is 17.6 Å². The molecule has 0 aliphatic rings. The third kappa shape index (κ3) is 2.81. The zero-order valence-corrected chi connectivity index (χ0v) is 10.1. The van der Waals surface area contributed by atoms with Crippen molar-refractivity contribution in [2.45, 2.75) is 6.61 Å². The summed E-state index contributed by atoms with van der Waals surface area (Å²) >= 11 is 5.82. The monoisotopic (exact) mass is 290 g/mol. The SMILES string of the molecule is Fc1cc(F)c(F)c(OCc2ccccc2Cl)c1F. The maximum atomic E-state index is 13.3. The molecule has 6 heteroatoms. The van der Waals surface area contributed by atoms with Gasteiger partial charge in [-0.2, -0.15) is 8.78 Å². The van der Waals surface area contributed by atoms with E-state index in [-0.39, 0.29) is 12.7 Å². The van der Waals surface area contributed by atoms with Crippen LogP contribution in [0.1, 0.15) is 5.56 Å². The third-order valence-electron chi connectivity index (χ3n) is 2.40. The molecule has 0 fully saturated rings. The molecule has 0 radical (unpaired) electrons. The Morgan fingerprint density at radius 3 is 2.11 bits per heavy atom. The molecule has 0 aromatic heterocycles. The fraction of sp³-hybridized carbons (Fsp3) is 0.0769. The van der Waals surface area contributed by atoms with E-state index in [0.29, 0.717) is 10.6 Å². The standard InChI is InChI=1S/C13H7ClF4O/c14-8-4-2-1-3-7(8)6-19-13-11(17)9(15)5-10(16)12(13)18/h1-5H,6H2. The van der Waals surface area contributed by atoms with Gasteiger partial charge >= 0.3 is 0 Å². The van der Waals surface area contributed by atoms with Gasteiger partial charge in [0.05, 0.1) is 0 Å². The summed E-state index contributed by atoms with van der Waals surface area (Å²) < 4.78 is 57.3. The van der Waals surface area contributed by atoms with Crippen molar-refractivity contribution in [2.24, 2.45) is 0 Å². The van der Waals surface area contributed by atoms with Crippen LogP contribution in [0.2, 0.25) is 5.02 Å². The van der Waals surface area contributed by atoms with Gasteiger partial charge in [-0.25, -0.2) is 8.78 Å². The van der Waals surface area contributed by atoms with Crippen LogP contribution >= 0.6 is 11.6 Å². The molecule has 2 aromatic rings. The summed E-state index contributed by atoms with van der Waals surface area (Å²) in [6.45, 7) is -0.309. The molecule has 0 bridgehead atoms. The van der Waals surface area contributed by atoms with E-state index >= 15 is 0 Å². The first kappa shape index (κ1) is 13.7. The molecule has 0 saturated heterocycles. The lowest BCUT2D eigenvalue weighted by molar-refractivity contribution is 0.262. The van der Waals surface area contributed by atoms with Gasteiger partial charge in [0.1, 0.15) is 6.61 Å². The van der Waals surface area contributed by atoms with Crippen LogP contribution in [0, 0.1) is 23.3 Å². The summed E-state index contributed by atoms with van der Waals surface area (Å²) in [4.78, 5) is 0. The smallest absolute Gasteiger partial charge is 0.203 e. The van der Waals surface area contributed by atoms with E-state index in [4.69, 9.17) is 16.3 Å². The van der Waals surface area contributed by atoms with Crippen molar-refractivity contribution in [3.8, 4) is 5.75 Å². The Bertz CT molecular complexity index is 590. The van der Waals surface area contributed by atoms with Crippen molar-refractivity contribution in [3.05, 3.63) is 64.2 Å². The highest BCUT2D eigenvalue weighted by atomic mass is 35.5. The fourth-order valence-corrected chi connectivity index (χ4v) is 1.63. The van der Waals surface area contributed by atoms with Gasteiger partial charge in [-0.05, 0) is 6.07 Å². The van der Waals surface area contributed by atoms with Crippen molar-refractivity contribution in [3.63, 3.8) is 0 Å². The van der Waals surface area contributed by atoms with Crippen molar-refractivity contribution < 1.29 is 22.3 Å². The lowest BCUT2D eigenvalue weighted by atomic mass is 10.2. The molecule has 0 aliphatic heterocycles. The molecular weight excluding hydrogens is 284 g/mol. The fourth-order valence-electron chi connectivity index (χ4n) is 1.44. The molecule has 1 nitrogen and oxygen atoms in total. The Morgan fingerprint density at radius 1 is 0.947 bits per heavy atom. The summed E-state index contributed by atoms with van der Waals surface area (Å²) in [6.07, 6.45) is 0. The molecule has 0 saturated carbocycles.